The minimum absolute atomic E-state index is 0.0208. The lowest BCUT2D eigenvalue weighted by molar-refractivity contribution is -0.0313. The van der Waals surface area contributed by atoms with Crippen LogP contribution in [0.4, 0.5) is 0 Å². The molecule has 0 aliphatic heterocycles. The summed E-state index contributed by atoms with van der Waals surface area (Å²) >= 11 is 0. The van der Waals surface area contributed by atoms with Gasteiger partial charge in [0, 0.05) is 6.61 Å². The van der Waals surface area contributed by atoms with E-state index in [1.807, 2.05) is 0 Å². The van der Waals surface area contributed by atoms with Crippen LogP contribution in [-0.2, 0) is 90.0 Å². The van der Waals surface area contributed by atoms with Crippen LogP contribution in [0.5, 0.6) is 0 Å². The van der Waals surface area contributed by atoms with Crippen LogP contribution in [0.3, 0.4) is 0 Å². The van der Waals surface area contributed by atoms with Crippen molar-refractivity contribution in [1.82, 2.24) is 0 Å². The zero-order chi connectivity index (χ0) is 52.2. The molecule has 0 amide bonds. The number of ether oxygens (including phenoxy) is 19. The maximum Gasteiger partial charge on any atom is 0.0701 e. The van der Waals surface area contributed by atoms with Gasteiger partial charge in [0.05, 0.1) is 251 Å². The van der Waals surface area contributed by atoms with Crippen molar-refractivity contribution >= 4 is 0 Å². The quantitative estimate of drug-likeness (QED) is 0.0762. The van der Waals surface area contributed by atoms with Gasteiger partial charge in [-0.05, 0) is 6.42 Å². The third kappa shape index (κ3) is 71.2. The van der Waals surface area contributed by atoms with Gasteiger partial charge in [-0.15, -0.1) is 0 Å². The minimum atomic E-state index is 0.0208. The molecule has 0 aromatic rings. The highest BCUT2D eigenvalue weighted by atomic mass is 16.6. The zero-order valence-electron chi connectivity index (χ0n) is 46.0. The van der Waals surface area contributed by atoms with Crippen LogP contribution in [0.1, 0.15) is 90.4 Å². The Morgan fingerprint density at radius 3 is 0.425 bits per heavy atom. The first-order chi connectivity index (χ1) is 36.4. The lowest BCUT2D eigenvalue weighted by Crippen LogP contribution is -2.16. The Morgan fingerprint density at radius 1 is 0.151 bits per heavy atom. The van der Waals surface area contributed by atoms with Gasteiger partial charge in [-0.1, -0.05) is 84.0 Å². The maximum atomic E-state index is 8.61. The van der Waals surface area contributed by atoms with E-state index < -0.39 is 0 Å². The molecular weight excluding hydrogens is 957 g/mol. The third-order valence-corrected chi connectivity index (χ3v) is 10.3. The molecule has 73 heavy (non-hydrogen) atoms. The average Bonchev–Trinajstić information content (AvgIpc) is 3.40. The van der Waals surface area contributed by atoms with Crippen LogP contribution in [0.15, 0.2) is 0 Å². The molecule has 0 saturated carbocycles. The van der Waals surface area contributed by atoms with Crippen LogP contribution in [0.2, 0.25) is 0 Å². The molecule has 20 nitrogen and oxygen atoms in total. The molecule has 0 aromatic heterocycles. The van der Waals surface area contributed by atoms with E-state index in [1.165, 1.54) is 77.0 Å². The summed E-state index contributed by atoms with van der Waals surface area (Å²) < 4.78 is 104. The topological polar surface area (TPSA) is 196 Å². The first-order valence-electron chi connectivity index (χ1n) is 28.0. The van der Waals surface area contributed by atoms with Crippen LogP contribution in [0.25, 0.3) is 0 Å². The van der Waals surface area contributed by atoms with Crippen LogP contribution in [-0.4, -0.2) is 263 Å². The summed E-state index contributed by atoms with van der Waals surface area (Å²) in [6.07, 6.45) is 17.7. The van der Waals surface area contributed by atoms with Crippen molar-refractivity contribution in [3.63, 3.8) is 0 Å². The van der Waals surface area contributed by atoms with Gasteiger partial charge in [-0.3, -0.25) is 0 Å². The Bertz CT molecular complexity index is 865. The van der Waals surface area contributed by atoms with Crippen molar-refractivity contribution in [2.45, 2.75) is 90.4 Å². The summed E-state index contributed by atoms with van der Waals surface area (Å²) in [5.41, 5.74) is 0. The van der Waals surface area contributed by atoms with Gasteiger partial charge in [0.25, 0.3) is 0 Å². The van der Waals surface area contributed by atoms with Gasteiger partial charge in [0.1, 0.15) is 0 Å². The fraction of sp³-hybridized carbons (Fsp3) is 1.00. The van der Waals surface area contributed by atoms with Crippen molar-refractivity contribution in [1.29, 1.82) is 0 Å². The van der Waals surface area contributed by atoms with E-state index >= 15 is 0 Å². The van der Waals surface area contributed by atoms with E-state index in [9.17, 15) is 0 Å². The first-order valence-corrected chi connectivity index (χ1v) is 28.0. The molecule has 0 aliphatic carbocycles. The molecule has 0 atom stereocenters. The molecule has 0 unspecified atom stereocenters. The fourth-order valence-corrected chi connectivity index (χ4v) is 6.35. The van der Waals surface area contributed by atoms with Crippen molar-refractivity contribution in [2.75, 3.05) is 258 Å². The van der Waals surface area contributed by atoms with E-state index in [0.717, 1.165) is 13.0 Å². The number of aliphatic hydroxyl groups is 1. The third-order valence-electron chi connectivity index (χ3n) is 10.3. The molecule has 1 N–H and O–H groups in total. The Morgan fingerprint density at radius 2 is 0.274 bits per heavy atom. The average molecular weight is 1070 g/mol. The lowest BCUT2D eigenvalue weighted by atomic mass is 10.0. The molecule has 0 radical (unpaired) electrons. The van der Waals surface area contributed by atoms with E-state index in [4.69, 9.17) is 95.1 Å². The molecular formula is C53H108O20. The molecule has 0 heterocycles. The van der Waals surface area contributed by atoms with Gasteiger partial charge < -0.3 is 95.1 Å². The van der Waals surface area contributed by atoms with Crippen molar-refractivity contribution in [2.24, 2.45) is 0 Å². The zero-order valence-corrected chi connectivity index (χ0v) is 46.0. The van der Waals surface area contributed by atoms with E-state index in [2.05, 4.69) is 6.92 Å². The second-order valence-corrected chi connectivity index (χ2v) is 16.6. The first kappa shape index (κ1) is 72.2. The molecule has 0 spiro atoms. The molecule has 0 rings (SSSR count). The summed E-state index contributed by atoms with van der Waals surface area (Å²) in [5.74, 6) is 0. The lowest BCUT2D eigenvalue weighted by Gasteiger charge is -2.09. The Hall–Kier alpha value is -0.800. The van der Waals surface area contributed by atoms with Crippen molar-refractivity contribution in [3.8, 4) is 0 Å². The Labute approximate surface area is 442 Å². The second-order valence-electron chi connectivity index (χ2n) is 16.6. The predicted octanol–water partition coefficient (Wildman–Crippen LogP) is 5.39. The smallest absolute Gasteiger partial charge is 0.0701 e. The Balaban J connectivity index is 3.07. The fourth-order valence-electron chi connectivity index (χ4n) is 6.35. The van der Waals surface area contributed by atoms with Crippen LogP contribution >= 0.6 is 0 Å². The van der Waals surface area contributed by atoms with Crippen molar-refractivity contribution in [3.05, 3.63) is 0 Å². The molecule has 20 heteroatoms. The second kappa shape index (κ2) is 71.2. The van der Waals surface area contributed by atoms with E-state index in [1.54, 1.807) is 0 Å². The van der Waals surface area contributed by atoms with Gasteiger partial charge in [0.15, 0.2) is 0 Å². The highest BCUT2D eigenvalue weighted by Crippen LogP contribution is 2.12. The van der Waals surface area contributed by atoms with E-state index in [0.29, 0.717) is 244 Å². The van der Waals surface area contributed by atoms with E-state index in [-0.39, 0.29) is 6.61 Å². The molecule has 0 aliphatic rings. The molecule has 0 aromatic carbocycles. The predicted molar refractivity (Wildman–Crippen MR) is 278 cm³/mol. The Kier molecular flexibility index (Phi) is 70.4. The normalized spacial score (nSPS) is 11.8. The molecule has 0 saturated heterocycles. The molecule has 440 valence electrons. The number of unbranched alkanes of at least 4 members (excludes halogenated alkanes) is 12. The summed E-state index contributed by atoms with van der Waals surface area (Å²) in [6, 6.07) is 0. The number of aliphatic hydroxyl groups excluding tert-OH is 1. The highest BCUT2D eigenvalue weighted by Gasteiger charge is 2.00. The largest absolute Gasteiger partial charge is 0.394 e. The summed E-state index contributed by atoms with van der Waals surface area (Å²) in [4.78, 5) is 0. The molecule has 0 fully saturated rings. The summed E-state index contributed by atoms with van der Waals surface area (Å²) in [7, 11) is 0. The van der Waals surface area contributed by atoms with Gasteiger partial charge in [0.2, 0.25) is 0 Å². The van der Waals surface area contributed by atoms with Gasteiger partial charge in [-0.2, -0.15) is 0 Å². The summed E-state index contributed by atoms with van der Waals surface area (Å²) in [6.45, 7) is 21.8. The maximum absolute atomic E-state index is 8.61. The van der Waals surface area contributed by atoms with Crippen LogP contribution in [0, 0.1) is 0 Å². The highest BCUT2D eigenvalue weighted by molar-refractivity contribution is 4.49. The van der Waals surface area contributed by atoms with Crippen LogP contribution < -0.4 is 0 Å². The molecule has 0 bridgehead atoms. The van der Waals surface area contributed by atoms with Gasteiger partial charge >= 0.3 is 0 Å². The van der Waals surface area contributed by atoms with Crippen molar-refractivity contribution < 1.29 is 95.1 Å². The number of hydrogen-bond acceptors (Lipinski definition) is 20. The number of hydrogen-bond donors (Lipinski definition) is 1. The SMILES string of the molecule is CCCCCCCCCCCCCCCOCCOCCOCCOCCOCCOCCOCCOCCOCCOCCOCCOCCOCCOCCOCCOCCOCCOCCOCCO. The minimum Gasteiger partial charge on any atom is -0.394 e. The monoisotopic (exact) mass is 1060 g/mol. The summed E-state index contributed by atoms with van der Waals surface area (Å²) in [5, 5.41) is 8.61. The number of rotatable bonds is 70. The van der Waals surface area contributed by atoms with Gasteiger partial charge in [-0.25, -0.2) is 0 Å². The standard InChI is InChI=1S/C53H108O20/c1-2-3-4-5-6-7-8-9-10-11-12-13-14-16-55-18-20-57-22-24-59-26-28-61-30-32-63-34-36-65-38-40-67-42-44-69-46-48-71-50-52-73-53-51-72-49-47-70-45-43-68-41-39-66-37-35-64-33-31-62-29-27-60-25-23-58-21-19-56-17-15-54/h54H,2-53H2,1H3.